The van der Waals surface area contributed by atoms with E-state index in [2.05, 4.69) is 5.32 Å². The van der Waals surface area contributed by atoms with Gasteiger partial charge in [0.05, 0.1) is 37.6 Å². The minimum Gasteiger partial charge on any atom is -0.497 e. The summed E-state index contributed by atoms with van der Waals surface area (Å²) in [7, 11) is 2.86. The molecule has 0 spiro atoms. The molecule has 0 aliphatic rings. The number of amides is 1. The molecule has 0 saturated heterocycles. The number of esters is 1. The van der Waals surface area contributed by atoms with Gasteiger partial charge in [-0.3, -0.25) is 9.59 Å². The van der Waals surface area contributed by atoms with Gasteiger partial charge in [0.1, 0.15) is 5.75 Å². The summed E-state index contributed by atoms with van der Waals surface area (Å²) in [5.74, 6) is -0.270. The summed E-state index contributed by atoms with van der Waals surface area (Å²) in [5.41, 5.74) is 1.53. The van der Waals surface area contributed by atoms with Crippen molar-refractivity contribution < 1.29 is 19.1 Å². The van der Waals surface area contributed by atoms with Crippen LogP contribution in [-0.4, -0.2) is 30.7 Å². The van der Waals surface area contributed by atoms with E-state index in [1.54, 1.807) is 43.5 Å². The van der Waals surface area contributed by atoms with Gasteiger partial charge in [-0.05, 0) is 35.9 Å². The first-order valence-electron chi connectivity index (χ1n) is 8.84. The van der Waals surface area contributed by atoms with Gasteiger partial charge in [0, 0.05) is 12.3 Å². The van der Waals surface area contributed by atoms with Crippen LogP contribution in [0.5, 0.6) is 5.75 Å². The van der Waals surface area contributed by atoms with Crippen molar-refractivity contribution in [2.75, 3.05) is 19.5 Å². The van der Waals surface area contributed by atoms with Crippen LogP contribution in [0.25, 0.3) is 0 Å². The van der Waals surface area contributed by atoms with Crippen molar-refractivity contribution in [1.29, 1.82) is 0 Å². The van der Waals surface area contributed by atoms with Gasteiger partial charge in [-0.1, -0.05) is 24.3 Å². The lowest BCUT2D eigenvalue weighted by Gasteiger charge is -2.11. The lowest BCUT2D eigenvalue weighted by atomic mass is 10.1. The molecule has 1 amide bonds. The quantitative estimate of drug-likeness (QED) is 0.652. The van der Waals surface area contributed by atoms with Gasteiger partial charge in [0.25, 0.3) is 11.5 Å². The smallest absolute Gasteiger partial charge is 0.339 e. The first-order chi connectivity index (χ1) is 14.0. The Kier molecular flexibility index (Phi) is 6.09. The van der Waals surface area contributed by atoms with Crippen LogP contribution in [0, 0.1) is 0 Å². The number of nitrogens with zero attached hydrogens (tertiary/aromatic N) is 1. The Morgan fingerprint density at radius 2 is 1.69 bits per heavy atom. The molecule has 1 aromatic heterocycles. The highest BCUT2D eigenvalue weighted by Crippen LogP contribution is 2.17. The van der Waals surface area contributed by atoms with Crippen LogP contribution >= 0.6 is 0 Å². The molecule has 0 atom stereocenters. The van der Waals surface area contributed by atoms with E-state index in [9.17, 15) is 14.4 Å². The van der Waals surface area contributed by atoms with E-state index < -0.39 is 11.9 Å². The van der Waals surface area contributed by atoms with E-state index >= 15 is 0 Å². The monoisotopic (exact) mass is 392 g/mol. The van der Waals surface area contributed by atoms with Gasteiger partial charge in [-0.2, -0.15) is 0 Å². The summed E-state index contributed by atoms with van der Waals surface area (Å²) in [6, 6.07) is 16.7. The zero-order chi connectivity index (χ0) is 20.8. The Morgan fingerprint density at radius 1 is 0.966 bits per heavy atom. The van der Waals surface area contributed by atoms with Crippen molar-refractivity contribution in [3.8, 4) is 5.75 Å². The molecule has 148 valence electrons. The number of anilines is 1. The second kappa shape index (κ2) is 8.88. The van der Waals surface area contributed by atoms with E-state index in [-0.39, 0.29) is 16.7 Å². The number of hydrogen-bond acceptors (Lipinski definition) is 5. The summed E-state index contributed by atoms with van der Waals surface area (Å²) < 4.78 is 11.3. The SMILES string of the molecule is COC(=O)c1ccccc1NC(=O)c1ccc(=O)n(Cc2ccc(OC)cc2)c1. The maximum atomic E-state index is 12.7. The molecule has 29 heavy (non-hydrogen) atoms. The maximum Gasteiger partial charge on any atom is 0.339 e. The molecule has 0 bridgehead atoms. The van der Waals surface area contributed by atoms with Crippen molar-refractivity contribution in [2.24, 2.45) is 0 Å². The normalized spacial score (nSPS) is 10.3. The number of carbonyl (C=O) groups excluding carboxylic acids is 2. The number of pyridine rings is 1. The molecule has 2 aromatic carbocycles. The summed E-state index contributed by atoms with van der Waals surface area (Å²) in [6.45, 7) is 0.308. The number of nitrogens with one attached hydrogen (secondary N) is 1. The highest BCUT2D eigenvalue weighted by atomic mass is 16.5. The first-order valence-corrected chi connectivity index (χ1v) is 8.84. The van der Waals surface area contributed by atoms with Crippen LogP contribution in [0.2, 0.25) is 0 Å². The van der Waals surface area contributed by atoms with Gasteiger partial charge >= 0.3 is 5.97 Å². The highest BCUT2D eigenvalue weighted by molar-refractivity contribution is 6.07. The Balaban J connectivity index is 1.83. The van der Waals surface area contributed by atoms with E-state index in [0.717, 1.165) is 11.3 Å². The molecule has 1 heterocycles. The molecule has 0 saturated carbocycles. The number of para-hydroxylation sites is 1. The molecule has 0 radical (unpaired) electrons. The van der Waals surface area contributed by atoms with Gasteiger partial charge < -0.3 is 19.4 Å². The Labute approximate surface area is 167 Å². The molecule has 1 N–H and O–H groups in total. The molecule has 7 nitrogen and oxygen atoms in total. The minimum atomic E-state index is -0.551. The van der Waals surface area contributed by atoms with Crippen molar-refractivity contribution >= 4 is 17.6 Å². The summed E-state index contributed by atoms with van der Waals surface area (Å²) in [5, 5.41) is 2.70. The van der Waals surface area contributed by atoms with Crippen LogP contribution in [-0.2, 0) is 11.3 Å². The minimum absolute atomic E-state index is 0.229. The zero-order valence-electron chi connectivity index (χ0n) is 16.0. The third-order valence-electron chi connectivity index (χ3n) is 4.34. The predicted octanol–water partition coefficient (Wildman–Crippen LogP) is 2.94. The largest absolute Gasteiger partial charge is 0.497 e. The van der Waals surface area contributed by atoms with E-state index in [4.69, 9.17) is 9.47 Å². The lowest BCUT2D eigenvalue weighted by Crippen LogP contribution is -2.23. The lowest BCUT2D eigenvalue weighted by molar-refractivity contribution is 0.0602. The number of ether oxygens (including phenoxy) is 2. The van der Waals surface area contributed by atoms with Crippen molar-refractivity contribution in [1.82, 2.24) is 4.57 Å². The van der Waals surface area contributed by atoms with Crippen LogP contribution in [0.3, 0.4) is 0 Å². The van der Waals surface area contributed by atoms with Crippen LogP contribution < -0.4 is 15.6 Å². The fourth-order valence-corrected chi connectivity index (χ4v) is 2.79. The van der Waals surface area contributed by atoms with Crippen LogP contribution in [0.4, 0.5) is 5.69 Å². The van der Waals surface area contributed by atoms with Gasteiger partial charge in [-0.25, -0.2) is 4.79 Å². The fraction of sp³-hybridized carbons (Fsp3) is 0.136. The molecule has 0 fully saturated rings. The standard InChI is InChI=1S/C22H20N2O5/c1-28-17-10-7-15(8-11-17)13-24-14-16(9-12-20(24)25)21(26)23-19-6-4-3-5-18(19)22(27)29-2/h3-12,14H,13H2,1-2H3,(H,23,26). The number of rotatable bonds is 6. The highest BCUT2D eigenvalue weighted by Gasteiger charge is 2.15. The third-order valence-corrected chi connectivity index (χ3v) is 4.34. The summed E-state index contributed by atoms with van der Waals surface area (Å²) >= 11 is 0. The van der Waals surface area contributed by atoms with Crippen molar-refractivity contribution in [2.45, 2.75) is 6.54 Å². The van der Waals surface area contributed by atoms with Crippen LogP contribution in [0.15, 0.2) is 71.7 Å². The maximum absolute atomic E-state index is 12.7. The molecule has 0 aliphatic heterocycles. The zero-order valence-corrected chi connectivity index (χ0v) is 16.0. The molecule has 0 aliphatic carbocycles. The van der Waals surface area contributed by atoms with E-state index in [0.29, 0.717) is 12.2 Å². The molecular weight excluding hydrogens is 372 g/mol. The second-order valence-corrected chi connectivity index (χ2v) is 6.22. The summed E-state index contributed by atoms with van der Waals surface area (Å²) in [4.78, 5) is 36.8. The van der Waals surface area contributed by atoms with Gasteiger partial charge in [-0.15, -0.1) is 0 Å². The van der Waals surface area contributed by atoms with Gasteiger partial charge in [0.2, 0.25) is 0 Å². The van der Waals surface area contributed by atoms with Crippen molar-refractivity contribution in [3.05, 3.63) is 93.9 Å². The predicted molar refractivity (Wildman–Crippen MR) is 109 cm³/mol. The first kappa shape index (κ1) is 19.9. The topological polar surface area (TPSA) is 86.6 Å². The van der Waals surface area contributed by atoms with Crippen molar-refractivity contribution in [3.63, 3.8) is 0 Å². The Hall–Kier alpha value is -3.87. The number of aromatic nitrogens is 1. The van der Waals surface area contributed by atoms with E-state index in [1.807, 2.05) is 12.1 Å². The van der Waals surface area contributed by atoms with E-state index in [1.165, 1.54) is 30.0 Å². The fourth-order valence-electron chi connectivity index (χ4n) is 2.79. The number of benzene rings is 2. The molecule has 0 unspecified atom stereocenters. The molecule has 3 aromatic rings. The average molecular weight is 392 g/mol. The molecule has 7 heteroatoms. The summed E-state index contributed by atoms with van der Waals surface area (Å²) in [6.07, 6.45) is 1.49. The third kappa shape index (κ3) is 4.70. The number of carbonyl (C=O) groups is 2. The Morgan fingerprint density at radius 3 is 2.38 bits per heavy atom. The molecule has 3 rings (SSSR count). The number of methoxy groups -OCH3 is 2. The van der Waals surface area contributed by atoms with Crippen LogP contribution in [0.1, 0.15) is 26.3 Å². The van der Waals surface area contributed by atoms with Gasteiger partial charge in [0.15, 0.2) is 0 Å². The average Bonchev–Trinajstić information content (AvgIpc) is 2.75. The Bertz CT molecular complexity index is 1090. The number of hydrogen-bond donors (Lipinski definition) is 1. The molecular formula is C22H20N2O5. The second-order valence-electron chi connectivity index (χ2n) is 6.22.